The third kappa shape index (κ3) is 3.14. The van der Waals surface area contributed by atoms with Crippen LogP contribution < -0.4 is 15.2 Å². The van der Waals surface area contributed by atoms with E-state index in [1.165, 1.54) is 0 Å². The van der Waals surface area contributed by atoms with Gasteiger partial charge in [0.05, 0.1) is 12.7 Å². The fourth-order valence-electron chi connectivity index (χ4n) is 2.04. The van der Waals surface area contributed by atoms with Crippen LogP contribution in [0.1, 0.15) is 24.1 Å². The van der Waals surface area contributed by atoms with E-state index in [0.29, 0.717) is 0 Å². The summed E-state index contributed by atoms with van der Waals surface area (Å²) in [6.45, 7) is 3.92. The standard InChI is InChI=1S/C16H18BrNO2/c1-10-7-8-12(17)9-15(10)20-14-6-4-5-13(19-3)16(14)11(2)18/h4-9,11H,18H2,1-3H3/t11-/m1/s1. The number of halogens is 1. The van der Waals surface area contributed by atoms with Gasteiger partial charge < -0.3 is 15.2 Å². The number of hydrogen-bond acceptors (Lipinski definition) is 3. The van der Waals surface area contributed by atoms with Gasteiger partial charge in [-0.1, -0.05) is 28.1 Å². The van der Waals surface area contributed by atoms with Gasteiger partial charge in [-0.2, -0.15) is 0 Å². The number of aryl methyl sites for hydroxylation is 1. The minimum atomic E-state index is -0.173. The van der Waals surface area contributed by atoms with Crippen molar-refractivity contribution in [2.75, 3.05) is 7.11 Å². The van der Waals surface area contributed by atoms with Gasteiger partial charge >= 0.3 is 0 Å². The maximum Gasteiger partial charge on any atom is 0.135 e. The summed E-state index contributed by atoms with van der Waals surface area (Å²) >= 11 is 3.46. The summed E-state index contributed by atoms with van der Waals surface area (Å²) in [6.07, 6.45) is 0. The fourth-order valence-corrected chi connectivity index (χ4v) is 2.38. The van der Waals surface area contributed by atoms with E-state index in [1.807, 2.05) is 50.2 Å². The first kappa shape index (κ1) is 14.9. The predicted molar refractivity (Wildman–Crippen MR) is 84.5 cm³/mol. The predicted octanol–water partition coefficient (Wildman–Crippen LogP) is 4.58. The van der Waals surface area contributed by atoms with Crippen molar-refractivity contribution in [3.63, 3.8) is 0 Å². The summed E-state index contributed by atoms with van der Waals surface area (Å²) in [5.74, 6) is 2.26. The zero-order valence-electron chi connectivity index (χ0n) is 11.8. The van der Waals surface area contributed by atoms with Crippen molar-refractivity contribution in [1.82, 2.24) is 0 Å². The second-order valence-corrected chi connectivity index (χ2v) is 5.59. The lowest BCUT2D eigenvalue weighted by Gasteiger charge is -2.18. The Kier molecular flexibility index (Phi) is 4.68. The highest BCUT2D eigenvalue weighted by atomic mass is 79.9. The van der Waals surface area contributed by atoms with E-state index < -0.39 is 0 Å². The van der Waals surface area contributed by atoms with E-state index in [2.05, 4.69) is 15.9 Å². The van der Waals surface area contributed by atoms with Crippen LogP contribution in [0.25, 0.3) is 0 Å². The maximum atomic E-state index is 6.04. The Hall–Kier alpha value is -1.52. The SMILES string of the molecule is COc1cccc(Oc2cc(Br)ccc2C)c1[C@@H](C)N. The Morgan fingerprint density at radius 3 is 2.45 bits per heavy atom. The minimum absolute atomic E-state index is 0.173. The fraction of sp³-hybridized carbons (Fsp3) is 0.250. The maximum absolute atomic E-state index is 6.04. The van der Waals surface area contributed by atoms with Crippen LogP contribution in [-0.2, 0) is 0 Å². The molecule has 0 aromatic heterocycles. The normalized spacial score (nSPS) is 12.1. The first-order chi connectivity index (χ1) is 9.52. The molecule has 0 bridgehead atoms. The zero-order chi connectivity index (χ0) is 14.7. The first-order valence-corrected chi connectivity index (χ1v) is 7.18. The first-order valence-electron chi connectivity index (χ1n) is 6.39. The van der Waals surface area contributed by atoms with E-state index in [0.717, 1.165) is 32.8 Å². The highest BCUT2D eigenvalue weighted by Gasteiger charge is 2.15. The van der Waals surface area contributed by atoms with Gasteiger partial charge in [0.2, 0.25) is 0 Å². The molecule has 0 saturated heterocycles. The van der Waals surface area contributed by atoms with Crippen LogP contribution in [0.15, 0.2) is 40.9 Å². The van der Waals surface area contributed by atoms with Gasteiger partial charge in [-0.25, -0.2) is 0 Å². The largest absolute Gasteiger partial charge is 0.496 e. The van der Waals surface area contributed by atoms with Gasteiger partial charge in [-0.05, 0) is 43.7 Å². The molecule has 20 heavy (non-hydrogen) atoms. The van der Waals surface area contributed by atoms with Crippen molar-refractivity contribution in [2.45, 2.75) is 19.9 Å². The Morgan fingerprint density at radius 1 is 1.10 bits per heavy atom. The second kappa shape index (κ2) is 6.29. The molecule has 106 valence electrons. The molecule has 0 unspecified atom stereocenters. The van der Waals surface area contributed by atoms with Crippen LogP contribution in [0, 0.1) is 6.92 Å². The van der Waals surface area contributed by atoms with E-state index in [1.54, 1.807) is 7.11 Å². The van der Waals surface area contributed by atoms with E-state index in [4.69, 9.17) is 15.2 Å². The van der Waals surface area contributed by atoms with E-state index in [9.17, 15) is 0 Å². The van der Waals surface area contributed by atoms with Gasteiger partial charge in [0.1, 0.15) is 17.2 Å². The number of nitrogens with two attached hydrogens (primary N) is 1. The molecule has 0 heterocycles. The molecule has 2 N–H and O–H groups in total. The number of benzene rings is 2. The molecule has 2 rings (SSSR count). The number of methoxy groups -OCH3 is 1. The molecule has 2 aromatic rings. The molecule has 2 aromatic carbocycles. The number of rotatable bonds is 4. The Balaban J connectivity index is 2.45. The van der Waals surface area contributed by atoms with Gasteiger partial charge in [0.15, 0.2) is 0 Å². The van der Waals surface area contributed by atoms with Crippen molar-refractivity contribution < 1.29 is 9.47 Å². The summed E-state index contributed by atoms with van der Waals surface area (Å²) in [5.41, 5.74) is 7.97. The molecule has 0 saturated carbocycles. The molecule has 1 atom stereocenters. The lowest BCUT2D eigenvalue weighted by Crippen LogP contribution is -2.08. The second-order valence-electron chi connectivity index (χ2n) is 4.67. The molecule has 0 aliphatic carbocycles. The topological polar surface area (TPSA) is 44.5 Å². The zero-order valence-corrected chi connectivity index (χ0v) is 13.4. The number of ether oxygens (including phenoxy) is 2. The third-order valence-electron chi connectivity index (χ3n) is 3.07. The van der Waals surface area contributed by atoms with Gasteiger partial charge in [0, 0.05) is 10.5 Å². The highest BCUT2D eigenvalue weighted by Crippen LogP contribution is 2.37. The Morgan fingerprint density at radius 2 is 1.80 bits per heavy atom. The van der Waals surface area contributed by atoms with Crippen LogP contribution in [0.3, 0.4) is 0 Å². The van der Waals surface area contributed by atoms with Gasteiger partial charge in [-0.3, -0.25) is 0 Å². The van der Waals surface area contributed by atoms with Crippen LogP contribution in [0.5, 0.6) is 17.2 Å². The van der Waals surface area contributed by atoms with Crippen LogP contribution in [0.2, 0.25) is 0 Å². The number of hydrogen-bond donors (Lipinski definition) is 1. The van der Waals surface area contributed by atoms with Crippen molar-refractivity contribution >= 4 is 15.9 Å². The average molecular weight is 336 g/mol. The molecule has 0 spiro atoms. The summed E-state index contributed by atoms with van der Waals surface area (Å²) in [7, 11) is 1.63. The third-order valence-corrected chi connectivity index (χ3v) is 3.56. The lowest BCUT2D eigenvalue weighted by molar-refractivity contribution is 0.397. The van der Waals surface area contributed by atoms with Gasteiger partial charge in [-0.15, -0.1) is 0 Å². The monoisotopic (exact) mass is 335 g/mol. The van der Waals surface area contributed by atoms with Crippen LogP contribution in [0.4, 0.5) is 0 Å². The average Bonchev–Trinajstić information content (AvgIpc) is 2.42. The lowest BCUT2D eigenvalue weighted by atomic mass is 10.1. The smallest absolute Gasteiger partial charge is 0.135 e. The summed E-state index contributed by atoms with van der Waals surface area (Å²) in [5, 5.41) is 0. The van der Waals surface area contributed by atoms with Crippen molar-refractivity contribution in [3.8, 4) is 17.2 Å². The molecule has 3 nitrogen and oxygen atoms in total. The summed E-state index contributed by atoms with van der Waals surface area (Å²) in [6, 6.07) is 11.5. The molecule has 0 aliphatic rings. The van der Waals surface area contributed by atoms with Crippen molar-refractivity contribution in [1.29, 1.82) is 0 Å². The molecule has 4 heteroatoms. The summed E-state index contributed by atoms with van der Waals surface area (Å²) < 4.78 is 12.4. The molecule has 0 aliphatic heterocycles. The van der Waals surface area contributed by atoms with Crippen molar-refractivity contribution in [2.24, 2.45) is 5.73 Å². The molecular weight excluding hydrogens is 318 g/mol. The molecule has 0 radical (unpaired) electrons. The minimum Gasteiger partial charge on any atom is -0.496 e. The molecule has 0 amide bonds. The molecular formula is C16H18BrNO2. The highest BCUT2D eigenvalue weighted by molar-refractivity contribution is 9.10. The Labute approximate surface area is 127 Å². The Bertz CT molecular complexity index is 611. The van der Waals surface area contributed by atoms with Gasteiger partial charge in [0.25, 0.3) is 0 Å². The van der Waals surface area contributed by atoms with Crippen molar-refractivity contribution in [3.05, 3.63) is 52.0 Å². The molecule has 0 fully saturated rings. The van der Waals surface area contributed by atoms with Crippen LogP contribution in [-0.4, -0.2) is 7.11 Å². The van der Waals surface area contributed by atoms with E-state index in [-0.39, 0.29) is 6.04 Å². The summed E-state index contributed by atoms with van der Waals surface area (Å²) in [4.78, 5) is 0. The van der Waals surface area contributed by atoms with E-state index >= 15 is 0 Å². The van der Waals surface area contributed by atoms with Crippen LogP contribution >= 0.6 is 15.9 Å². The quantitative estimate of drug-likeness (QED) is 0.889.